The number of rotatable bonds is 3. The first-order valence-electron chi connectivity index (χ1n) is 3.88. The van der Waals surface area contributed by atoms with Crippen LogP contribution in [0.2, 0.25) is 0 Å². The monoisotopic (exact) mass is 250 g/mol. The van der Waals surface area contributed by atoms with Crippen LogP contribution in [0.3, 0.4) is 0 Å². The van der Waals surface area contributed by atoms with E-state index in [4.69, 9.17) is 5.11 Å². The highest BCUT2D eigenvalue weighted by Gasteiger charge is 2.68. The molecule has 0 spiro atoms. The number of alkyl halides is 5. The molecule has 0 saturated carbocycles. The molecule has 0 atom stereocenters. The second kappa shape index (κ2) is 3.99. The van der Waals surface area contributed by atoms with Gasteiger partial charge in [-0.05, 0) is 13.8 Å². The minimum Gasteiger partial charge on any atom is -0.478 e. The summed E-state index contributed by atoms with van der Waals surface area (Å²) in [6, 6.07) is 0. The third kappa shape index (κ3) is 2.14. The Morgan fingerprint density at radius 1 is 1.12 bits per heavy atom. The van der Waals surface area contributed by atoms with Crippen LogP contribution in [0.4, 0.5) is 26.3 Å². The van der Waals surface area contributed by atoms with Gasteiger partial charge in [0.1, 0.15) is 0 Å². The third-order valence-corrected chi connectivity index (χ3v) is 2.15. The number of carboxylic acid groups (broad SMARTS) is 1. The van der Waals surface area contributed by atoms with E-state index < -0.39 is 35.4 Å². The predicted molar refractivity (Wildman–Crippen MR) is 41.6 cm³/mol. The van der Waals surface area contributed by atoms with Gasteiger partial charge in [0.05, 0.1) is 17.3 Å². The molecule has 0 unspecified atom stereocenters. The molecular formula is C8H8F6O2. The van der Waals surface area contributed by atoms with Crippen LogP contribution in [0.15, 0.2) is 11.9 Å². The summed E-state index contributed by atoms with van der Waals surface area (Å²) >= 11 is 0. The molecule has 8 heteroatoms. The smallest absolute Gasteiger partial charge is 0.454 e. The SMILES string of the molecule is CC(C)(C(=CF)C(=O)O)C(F)(F)C(F)(F)F. The molecule has 0 aromatic heterocycles. The summed E-state index contributed by atoms with van der Waals surface area (Å²) in [7, 11) is 0. The molecular weight excluding hydrogens is 242 g/mol. The Morgan fingerprint density at radius 2 is 1.50 bits per heavy atom. The van der Waals surface area contributed by atoms with Gasteiger partial charge < -0.3 is 5.11 Å². The first-order valence-corrected chi connectivity index (χ1v) is 3.88. The molecule has 0 aliphatic carbocycles. The van der Waals surface area contributed by atoms with Crippen LogP contribution in [0.25, 0.3) is 0 Å². The van der Waals surface area contributed by atoms with Crippen molar-refractivity contribution in [2.24, 2.45) is 5.41 Å². The van der Waals surface area contributed by atoms with Gasteiger partial charge in [-0.3, -0.25) is 0 Å². The van der Waals surface area contributed by atoms with E-state index in [0.717, 1.165) is 0 Å². The molecule has 0 aromatic rings. The van der Waals surface area contributed by atoms with Crippen molar-refractivity contribution in [2.75, 3.05) is 0 Å². The topological polar surface area (TPSA) is 37.3 Å². The van der Waals surface area contributed by atoms with Crippen molar-refractivity contribution in [3.05, 3.63) is 11.9 Å². The Kier molecular flexibility index (Phi) is 3.68. The van der Waals surface area contributed by atoms with Crippen LogP contribution in [-0.2, 0) is 4.79 Å². The van der Waals surface area contributed by atoms with Crippen molar-refractivity contribution < 1.29 is 36.2 Å². The Hall–Kier alpha value is -1.21. The fraction of sp³-hybridized carbons (Fsp3) is 0.625. The van der Waals surface area contributed by atoms with Crippen molar-refractivity contribution in [3.8, 4) is 0 Å². The second-order valence-electron chi connectivity index (χ2n) is 3.53. The van der Waals surface area contributed by atoms with Gasteiger partial charge in [-0.1, -0.05) is 0 Å². The first kappa shape index (κ1) is 14.8. The Morgan fingerprint density at radius 3 is 1.69 bits per heavy atom. The number of aliphatic carboxylic acids is 1. The van der Waals surface area contributed by atoms with E-state index in [9.17, 15) is 31.1 Å². The van der Waals surface area contributed by atoms with Crippen molar-refractivity contribution in [2.45, 2.75) is 25.9 Å². The lowest BCUT2D eigenvalue weighted by molar-refractivity contribution is -0.314. The molecule has 0 amide bonds. The second-order valence-corrected chi connectivity index (χ2v) is 3.53. The average molecular weight is 250 g/mol. The molecule has 16 heavy (non-hydrogen) atoms. The number of hydrogen-bond acceptors (Lipinski definition) is 1. The third-order valence-electron chi connectivity index (χ3n) is 2.15. The number of carboxylic acids is 1. The maximum absolute atomic E-state index is 12.9. The van der Waals surface area contributed by atoms with Crippen molar-refractivity contribution in [1.82, 2.24) is 0 Å². The molecule has 0 aromatic carbocycles. The molecule has 0 bridgehead atoms. The van der Waals surface area contributed by atoms with Gasteiger partial charge in [-0.15, -0.1) is 0 Å². The minimum absolute atomic E-state index is 0.306. The summed E-state index contributed by atoms with van der Waals surface area (Å²) in [5, 5.41) is 8.33. The molecule has 0 heterocycles. The van der Waals surface area contributed by atoms with E-state index in [2.05, 4.69) is 0 Å². The molecule has 2 nitrogen and oxygen atoms in total. The summed E-state index contributed by atoms with van der Waals surface area (Å²) in [5.41, 5.74) is -4.85. The normalized spacial score (nSPS) is 15.1. The van der Waals surface area contributed by atoms with Gasteiger partial charge >= 0.3 is 18.1 Å². The summed E-state index contributed by atoms with van der Waals surface area (Å²) in [6.45, 7) is 0.611. The Balaban J connectivity index is 5.61. The zero-order valence-corrected chi connectivity index (χ0v) is 8.20. The fourth-order valence-corrected chi connectivity index (χ4v) is 0.974. The molecule has 0 radical (unpaired) electrons. The quantitative estimate of drug-likeness (QED) is 0.617. The van der Waals surface area contributed by atoms with Gasteiger partial charge in [-0.25, -0.2) is 9.18 Å². The van der Waals surface area contributed by atoms with Crippen LogP contribution in [-0.4, -0.2) is 23.2 Å². The Labute approximate surface area is 86.6 Å². The summed E-state index contributed by atoms with van der Waals surface area (Å²) in [4.78, 5) is 10.3. The number of hydrogen-bond donors (Lipinski definition) is 1. The summed E-state index contributed by atoms with van der Waals surface area (Å²) in [6.07, 6.45) is -6.72. The maximum atomic E-state index is 12.9. The van der Waals surface area contributed by atoms with E-state index >= 15 is 0 Å². The lowest BCUT2D eigenvalue weighted by Gasteiger charge is -2.34. The van der Waals surface area contributed by atoms with Crippen molar-refractivity contribution in [1.29, 1.82) is 0 Å². The molecule has 1 N–H and O–H groups in total. The molecule has 0 aliphatic rings. The van der Waals surface area contributed by atoms with Gasteiger partial charge in [-0.2, -0.15) is 22.0 Å². The molecule has 0 aliphatic heterocycles. The zero-order chi connectivity index (χ0) is 13.4. The minimum atomic E-state index is -5.96. The van der Waals surface area contributed by atoms with E-state index in [1.165, 1.54) is 0 Å². The van der Waals surface area contributed by atoms with E-state index in [1.54, 1.807) is 0 Å². The first-order chi connectivity index (χ1) is 6.89. The molecule has 94 valence electrons. The van der Waals surface area contributed by atoms with Gasteiger partial charge in [0.15, 0.2) is 0 Å². The molecule has 0 fully saturated rings. The van der Waals surface area contributed by atoms with Crippen LogP contribution in [0.1, 0.15) is 13.8 Å². The predicted octanol–water partition coefficient (Wildman–Crippen LogP) is 3.15. The van der Waals surface area contributed by atoms with Crippen LogP contribution in [0, 0.1) is 5.41 Å². The van der Waals surface area contributed by atoms with Gasteiger partial charge in [0.2, 0.25) is 0 Å². The average Bonchev–Trinajstić information content (AvgIpc) is 2.01. The van der Waals surface area contributed by atoms with Crippen LogP contribution in [0.5, 0.6) is 0 Å². The fourth-order valence-electron chi connectivity index (χ4n) is 0.974. The highest BCUT2D eigenvalue weighted by Crippen LogP contribution is 2.51. The van der Waals surface area contributed by atoms with Gasteiger partial charge in [0.25, 0.3) is 0 Å². The molecule has 0 rings (SSSR count). The lowest BCUT2D eigenvalue weighted by Crippen LogP contribution is -2.50. The highest BCUT2D eigenvalue weighted by molar-refractivity contribution is 5.88. The number of halogens is 6. The standard InChI is InChI=1S/C8H8F6O2/c1-6(2,4(3-9)5(15)16)7(10,11)8(12,13)14/h3H,1-2H3,(H,15,16). The van der Waals surface area contributed by atoms with Crippen LogP contribution >= 0.6 is 0 Å². The Bertz CT molecular complexity index is 315. The van der Waals surface area contributed by atoms with Crippen LogP contribution < -0.4 is 0 Å². The molecule has 0 saturated heterocycles. The van der Waals surface area contributed by atoms with Gasteiger partial charge in [0, 0.05) is 0 Å². The largest absolute Gasteiger partial charge is 0.478 e. The number of carbonyl (C=O) groups is 1. The van der Waals surface area contributed by atoms with E-state index in [-0.39, 0.29) is 0 Å². The summed E-state index contributed by atoms with van der Waals surface area (Å²) < 4.78 is 73.9. The maximum Gasteiger partial charge on any atom is 0.454 e. The highest BCUT2D eigenvalue weighted by atomic mass is 19.4. The van der Waals surface area contributed by atoms with E-state index in [0.29, 0.717) is 13.8 Å². The zero-order valence-electron chi connectivity index (χ0n) is 8.20. The summed E-state index contributed by atoms with van der Waals surface area (Å²) in [5.74, 6) is -7.52. The lowest BCUT2D eigenvalue weighted by atomic mass is 9.78. The van der Waals surface area contributed by atoms with Crippen molar-refractivity contribution >= 4 is 5.97 Å². The van der Waals surface area contributed by atoms with E-state index in [1.807, 2.05) is 0 Å². The van der Waals surface area contributed by atoms with Crippen molar-refractivity contribution in [3.63, 3.8) is 0 Å².